The molecular weight excluding hydrogens is 368 g/mol. The standard InChI is InChI=1S/C21H22N6O2/c1-2-14-7-3-5-9-17(14)22-19(28)13-27-25-20(24-26-27)16-8-4-6-10-18(16)23-21(29)15-11-12-15/h3-10,15H,2,11-13H2,1H3,(H,22,28)(H,23,29). The van der Waals surface area contributed by atoms with Crippen molar-refractivity contribution in [3.8, 4) is 11.4 Å². The van der Waals surface area contributed by atoms with Crippen LogP contribution in [0.4, 0.5) is 11.4 Å². The number of aryl methyl sites for hydroxylation is 1. The molecule has 4 rings (SSSR count). The van der Waals surface area contributed by atoms with E-state index < -0.39 is 0 Å². The van der Waals surface area contributed by atoms with Gasteiger partial charge in [0, 0.05) is 17.2 Å². The quantitative estimate of drug-likeness (QED) is 0.646. The van der Waals surface area contributed by atoms with Gasteiger partial charge >= 0.3 is 0 Å². The molecule has 1 aliphatic carbocycles. The van der Waals surface area contributed by atoms with Crippen LogP contribution in [0.25, 0.3) is 11.4 Å². The number of amides is 2. The average molecular weight is 390 g/mol. The van der Waals surface area contributed by atoms with Gasteiger partial charge in [-0.3, -0.25) is 9.59 Å². The molecule has 1 saturated carbocycles. The Labute approximate surface area is 168 Å². The molecule has 2 N–H and O–H groups in total. The molecule has 0 aliphatic heterocycles. The van der Waals surface area contributed by atoms with Crippen LogP contribution in [-0.4, -0.2) is 32.0 Å². The minimum atomic E-state index is -0.231. The van der Waals surface area contributed by atoms with Crippen LogP contribution in [0.2, 0.25) is 0 Å². The van der Waals surface area contributed by atoms with E-state index >= 15 is 0 Å². The molecule has 8 nitrogen and oxygen atoms in total. The van der Waals surface area contributed by atoms with Crippen molar-refractivity contribution in [1.29, 1.82) is 0 Å². The summed E-state index contributed by atoms with van der Waals surface area (Å²) < 4.78 is 0. The van der Waals surface area contributed by atoms with Gasteiger partial charge in [-0.2, -0.15) is 4.80 Å². The molecule has 1 fully saturated rings. The Bertz CT molecular complexity index is 1040. The van der Waals surface area contributed by atoms with E-state index in [1.54, 1.807) is 0 Å². The van der Waals surface area contributed by atoms with Crippen LogP contribution in [0.1, 0.15) is 25.3 Å². The lowest BCUT2D eigenvalue weighted by atomic mass is 10.1. The minimum absolute atomic E-state index is 0.0128. The predicted molar refractivity (Wildman–Crippen MR) is 109 cm³/mol. The van der Waals surface area contributed by atoms with E-state index in [1.165, 1.54) is 4.80 Å². The van der Waals surface area contributed by atoms with Gasteiger partial charge in [0.15, 0.2) is 0 Å². The second-order valence-corrected chi connectivity index (χ2v) is 7.01. The summed E-state index contributed by atoms with van der Waals surface area (Å²) in [6.07, 6.45) is 2.68. The van der Waals surface area contributed by atoms with E-state index in [-0.39, 0.29) is 24.3 Å². The molecule has 8 heteroatoms. The lowest BCUT2D eigenvalue weighted by Gasteiger charge is -2.09. The molecule has 0 unspecified atom stereocenters. The highest BCUT2D eigenvalue weighted by Gasteiger charge is 2.30. The number of carbonyl (C=O) groups is 2. The number of para-hydroxylation sites is 2. The first-order valence-electron chi connectivity index (χ1n) is 9.70. The van der Waals surface area contributed by atoms with E-state index in [0.717, 1.165) is 30.5 Å². The summed E-state index contributed by atoms with van der Waals surface area (Å²) in [4.78, 5) is 25.8. The Morgan fingerprint density at radius 1 is 1.03 bits per heavy atom. The van der Waals surface area contributed by atoms with E-state index in [9.17, 15) is 9.59 Å². The molecule has 0 radical (unpaired) electrons. The Morgan fingerprint density at radius 3 is 2.52 bits per heavy atom. The number of nitrogens with one attached hydrogen (secondary N) is 2. The lowest BCUT2D eigenvalue weighted by Crippen LogP contribution is -2.21. The van der Waals surface area contributed by atoms with Crippen LogP contribution < -0.4 is 10.6 Å². The summed E-state index contributed by atoms with van der Waals surface area (Å²) in [5.74, 6) is 0.240. The highest BCUT2D eigenvalue weighted by atomic mass is 16.2. The molecule has 3 aromatic rings. The maximum atomic E-state index is 12.4. The summed E-state index contributed by atoms with van der Waals surface area (Å²) in [7, 11) is 0. The first kappa shape index (κ1) is 18.8. The second kappa shape index (κ2) is 8.22. The summed E-state index contributed by atoms with van der Waals surface area (Å²) in [6, 6.07) is 15.0. The van der Waals surface area contributed by atoms with Gasteiger partial charge in [0.25, 0.3) is 0 Å². The number of hydrogen-bond acceptors (Lipinski definition) is 5. The van der Waals surface area contributed by atoms with Gasteiger partial charge in [-0.05, 0) is 48.2 Å². The van der Waals surface area contributed by atoms with Crippen molar-refractivity contribution in [3.63, 3.8) is 0 Å². The molecule has 0 bridgehead atoms. The first-order valence-corrected chi connectivity index (χ1v) is 9.70. The summed E-state index contributed by atoms with van der Waals surface area (Å²) in [6.45, 7) is 1.98. The molecule has 2 amide bonds. The van der Waals surface area contributed by atoms with Crippen molar-refractivity contribution in [1.82, 2.24) is 20.2 Å². The largest absolute Gasteiger partial charge is 0.325 e. The maximum absolute atomic E-state index is 12.4. The molecule has 148 valence electrons. The van der Waals surface area contributed by atoms with Crippen LogP contribution in [0.5, 0.6) is 0 Å². The number of rotatable bonds is 7. The zero-order chi connectivity index (χ0) is 20.2. The fraction of sp³-hybridized carbons (Fsp3) is 0.286. The molecule has 2 aromatic carbocycles. The average Bonchev–Trinajstić information content (AvgIpc) is 3.49. The molecular formula is C21H22N6O2. The topological polar surface area (TPSA) is 102 Å². The maximum Gasteiger partial charge on any atom is 0.248 e. The summed E-state index contributed by atoms with van der Waals surface area (Å²) >= 11 is 0. The van der Waals surface area contributed by atoms with Crippen molar-refractivity contribution < 1.29 is 9.59 Å². The highest BCUT2D eigenvalue weighted by molar-refractivity contribution is 5.97. The SMILES string of the molecule is CCc1ccccc1NC(=O)Cn1nnc(-c2ccccc2NC(=O)C2CC2)n1. The smallest absolute Gasteiger partial charge is 0.248 e. The number of carbonyl (C=O) groups excluding carboxylic acids is 2. The number of benzene rings is 2. The molecule has 0 atom stereocenters. The van der Waals surface area contributed by atoms with Gasteiger partial charge in [0.05, 0.1) is 5.69 Å². The zero-order valence-corrected chi connectivity index (χ0v) is 16.1. The van der Waals surface area contributed by atoms with Crippen LogP contribution in [0.3, 0.4) is 0 Å². The van der Waals surface area contributed by atoms with Crippen LogP contribution >= 0.6 is 0 Å². The normalized spacial score (nSPS) is 13.1. The molecule has 1 heterocycles. The number of nitrogens with zero attached hydrogens (tertiary/aromatic N) is 4. The molecule has 1 aliphatic rings. The van der Waals surface area contributed by atoms with Crippen molar-refractivity contribution in [3.05, 3.63) is 54.1 Å². The fourth-order valence-corrected chi connectivity index (χ4v) is 3.05. The Morgan fingerprint density at radius 2 is 1.76 bits per heavy atom. The van der Waals surface area contributed by atoms with Gasteiger partial charge < -0.3 is 10.6 Å². The molecule has 0 spiro atoms. The Balaban J connectivity index is 1.46. The summed E-state index contributed by atoms with van der Waals surface area (Å²) in [5, 5.41) is 18.2. The van der Waals surface area contributed by atoms with E-state index in [2.05, 4.69) is 26.0 Å². The zero-order valence-electron chi connectivity index (χ0n) is 16.1. The van der Waals surface area contributed by atoms with Crippen LogP contribution in [-0.2, 0) is 22.6 Å². The van der Waals surface area contributed by atoms with Crippen molar-refractivity contribution in [2.45, 2.75) is 32.7 Å². The lowest BCUT2D eigenvalue weighted by molar-refractivity contribution is -0.118. The van der Waals surface area contributed by atoms with E-state index in [0.29, 0.717) is 17.1 Å². The Hall–Kier alpha value is -3.55. The van der Waals surface area contributed by atoms with Crippen molar-refractivity contribution in [2.75, 3.05) is 10.6 Å². The second-order valence-electron chi connectivity index (χ2n) is 7.01. The first-order chi connectivity index (χ1) is 14.1. The van der Waals surface area contributed by atoms with Gasteiger partial charge in [-0.1, -0.05) is 37.3 Å². The molecule has 29 heavy (non-hydrogen) atoms. The third kappa shape index (κ3) is 4.48. The molecule has 1 aromatic heterocycles. The number of tetrazole rings is 1. The van der Waals surface area contributed by atoms with Gasteiger partial charge in [0.2, 0.25) is 17.6 Å². The highest BCUT2D eigenvalue weighted by Crippen LogP contribution is 2.32. The van der Waals surface area contributed by atoms with Gasteiger partial charge in [-0.25, -0.2) is 0 Å². The summed E-state index contributed by atoms with van der Waals surface area (Å²) in [5.41, 5.74) is 3.16. The third-order valence-corrected chi connectivity index (χ3v) is 4.78. The number of anilines is 2. The van der Waals surface area contributed by atoms with Crippen LogP contribution in [0, 0.1) is 5.92 Å². The predicted octanol–water partition coefficient (Wildman–Crippen LogP) is 2.89. The molecule has 0 saturated heterocycles. The third-order valence-electron chi connectivity index (χ3n) is 4.78. The number of aromatic nitrogens is 4. The fourth-order valence-electron chi connectivity index (χ4n) is 3.05. The monoisotopic (exact) mass is 390 g/mol. The van der Waals surface area contributed by atoms with Crippen molar-refractivity contribution in [2.24, 2.45) is 5.92 Å². The minimum Gasteiger partial charge on any atom is -0.325 e. The van der Waals surface area contributed by atoms with Gasteiger partial charge in [0.1, 0.15) is 6.54 Å². The van der Waals surface area contributed by atoms with Crippen molar-refractivity contribution >= 4 is 23.2 Å². The van der Waals surface area contributed by atoms with E-state index in [1.807, 2.05) is 55.5 Å². The van der Waals surface area contributed by atoms with Crippen LogP contribution in [0.15, 0.2) is 48.5 Å². The number of hydrogen-bond donors (Lipinski definition) is 2. The Kier molecular flexibility index (Phi) is 5.33. The van der Waals surface area contributed by atoms with Gasteiger partial charge in [-0.15, -0.1) is 10.2 Å². The van der Waals surface area contributed by atoms with E-state index in [4.69, 9.17) is 0 Å².